The van der Waals surface area contributed by atoms with Crippen LogP contribution >= 0.6 is 0 Å². The van der Waals surface area contributed by atoms with Crippen molar-refractivity contribution in [1.29, 1.82) is 0 Å². The number of hydrogen-bond acceptors (Lipinski definition) is 5. The van der Waals surface area contributed by atoms with Gasteiger partial charge in [0.2, 0.25) is 5.89 Å². The molecule has 2 aromatic rings. The van der Waals surface area contributed by atoms with Crippen LogP contribution < -0.4 is 10.6 Å². The third-order valence-electron chi connectivity index (χ3n) is 2.71. The first kappa shape index (κ1) is 14.0. The Morgan fingerprint density at radius 2 is 2.15 bits per heavy atom. The lowest BCUT2D eigenvalue weighted by Gasteiger charge is -2.10. The Morgan fingerprint density at radius 3 is 2.85 bits per heavy atom. The van der Waals surface area contributed by atoms with Crippen molar-refractivity contribution in [2.45, 2.75) is 26.8 Å². The van der Waals surface area contributed by atoms with Crippen molar-refractivity contribution in [2.24, 2.45) is 0 Å². The Labute approximate surface area is 117 Å². The summed E-state index contributed by atoms with van der Waals surface area (Å²) in [7, 11) is 0. The van der Waals surface area contributed by atoms with Gasteiger partial charge in [-0.15, -0.1) is 0 Å². The standard InChI is InChI=1S/C14H18N4O2/c1-3-8-15-12-7-5-4-6-11(12)14(19)16-9-13-17-10(2)20-18-13/h4-7,15H,3,8-9H2,1-2H3,(H,16,19). The van der Waals surface area contributed by atoms with Crippen LogP contribution in [0.1, 0.15) is 35.4 Å². The normalized spacial score (nSPS) is 10.3. The number of hydrogen-bond donors (Lipinski definition) is 2. The summed E-state index contributed by atoms with van der Waals surface area (Å²) in [5.41, 5.74) is 1.44. The Kier molecular flexibility index (Phi) is 4.70. The van der Waals surface area contributed by atoms with E-state index in [1.807, 2.05) is 18.2 Å². The van der Waals surface area contributed by atoms with Gasteiger partial charge in [-0.2, -0.15) is 4.98 Å². The summed E-state index contributed by atoms with van der Waals surface area (Å²) in [6.07, 6.45) is 0.998. The van der Waals surface area contributed by atoms with Crippen LogP contribution in [0.4, 0.5) is 5.69 Å². The van der Waals surface area contributed by atoms with Gasteiger partial charge in [-0.05, 0) is 18.6 Å². The highest BCUT2D eigenvalue weighted by Gasteiger charge is 2.11. The summed E-state index contributed by atoms with van der Waals surface area (Å²) in [5.74, 6) is 0.792. The van der Waals surface area contributed by atoms with E-state index < -0.39 is 0 Å². The Bertz CT molecular complexity index is 580. The van der Waals surface area contributed by atoms with Crippen molar-refractivity contribution in [3.63, 3.8) is 0 Å². The minimum Gasteiger partial charge on any atom is -0.384 e. The maximum atomic E-state index is 12.2. The van der Waals surface area contributed by atoms with E-state index >= 15 is 0 Å². The highest BCUT2D eigenvalue weighted by Crippen LogP contribution is 2.14. The van der Waals surface area contributed by atoms with E-state index in [2.05, 4.69) is 27.7 Å². The largest absolute Gasteiger partial charge is 0.384 e. The number of amides is 1. The summed E-state index contributed by atoms with van der Waals surface area (Å²) in [5, 5.41) is 9.75. The topological polar surface area (TPSA) is 80.0 Å². The fourth-order valence-electron chi connectivity index (χ4n) is 1.76. The first-order valence-electron chi connectivity index (χ1n) is 6.61. The molecule has 2 N–H and O–H groups in total. The molecule has 1 aromatic carbocycles. The van der Waals surface area contributed by atoms with E-state index in [1.165, 1.54) is 0 Å². The number of rotatable bonds is 6. The number of benzene rings is 1. The highest BCUT2D eigenvalue weighted by atomic mass is 16.5. The number of para-hydroxylation sites is 1. The average Bonchev–Trinajstić information content (AvgIpc) is 2.88. The van der Waals surface area contributed by atoms with E-state index in [0.717, 1.165) is 18.7 Å². The van der Waals surface area contributed by atoms with Gasteiger partial charge in [0.25, 0.3) is 5.91 Å². The first-order chi connectivity index (χ1) is 9.70. The molecule has 20 heavy (non-hydrogen) atoms. The van der Waals surface area contributed by atoms with Gasteiger partial charge in [0.1, 0.15) is 0 Å². The van der Waals surface area contributed by atoms with Crippen LogP contribution in [0.5, 0.6) is 0 Å². The van der Waals surface area contributed by atoms with Crippen LogP contribution in [-0.4, -0.2) is 22.6 Å². The zero-order chi connectivity index (χ0) is 14.4. The van der Waals surface area contributed by atoms with Crippen molar-refractivity contribution >= 4 is 11.6 Å². The van der Waals surface area contributed by atoms with Crippen molar-refractivity contribution in [1.82, 2.24) is 15.5 Å². The molecule has 0 unspecified atom stereocenters. The number of nitrogens with one attached hydrogen (secondary N) is 2. The molecule has 0 atom stereocenters. The minimum atomic E-state index is -0.161. The van der Waals surface area contributed by atoms with Gasteiger partial charge in [-0.1, -0.05) is 24.2 Å². The van der Waals surface area contributed by atoms with Gasteiger partial charge < -0.3 is 15.2 Å². The number of aromatic nitrogens is 2. The first-order valence-corrected chi connectivity index (χ1v) is 6.61. The summed E-state index contributed by atoms with van der Waals surface area (Å²) in [6.45, 7) is 4.86. The maximum Gasteiger partial charge on any atom is 0.253 e. The van der Waals surface area contributed by atoms with E-state index in [4.69, 9.17) is 4.52 Å². The lowest BCUT2D eigenvalue weighted by molar-refractivity contribution is 0.0950. The minimum absolute atomic E-state index is 0.161. The molecule has 1 amide bonds. The zero-order valence-corrected chi connectivity index (χ0v) is 11.6. The zero-order valence-electron chi connectivity index (χ0n) is 11.6. The number of anilines is 1. The van der Waals surface area contributed by atoms with Gasteiger partial charge in [-0.25, -0.2) is 0 Å². The summed E-state index contributed by atoms with van der Waals surface area (Å²) < 4.78 is 4.85. The molecule has 0 fully saturated rings. The van der Waals surface area contributed by atoms with Crippen molar-refractivity contribution < 1.29 is 9.32 Å². The molecule has 0 saturated heterocycles. The second-order valence-electron chi connectivity index (χ2n) is 4.38. The average molecular weight is 274 g/mol. The van der Waals surface area contributed by atoms with Crippen LogP contribution in [0.2, 0.25) is 0 Å². The molecule has 2 rings (SSSR count). The van der Waals surface area contributed by atoms with Gasteiger partial charge in [0.05, 0.1) is 12.1 Å². The van der Waals surface area contributed by atoms with E-state index in [0.29, 0.717) is 17.3 Å². The lowest BCUT2D eigenvalue weighted by atomic mass is 10.1. The van der Waals surface area contributed by atoms with Crippen molar-refractivity contribution in [2.75, 3.05) is 11.9 Å². The second kappa shape index (κ2) is 6.70. The molecule has 6 heteroatoms. The van der Waals surface area contributed by atoms with Crippen LogP contribution in [0, 0.1) is 6.92 Å². The molecule has 0 bridgehead atoms. The molecule has 106 valence electrons. The van der Waals surface area contributed by atoms with Gasteiger partial charge in [0.15, 0.2) is 5.82 Å². The Balaban J connectivity index is 2.01. The predicted octanol–water partition coefficient (Wildman–Crippen LogP) is 2.13. The molecule has 0 saturated carbocycles. The lowest BCUT2D eigenvalue weighted by Crippen LogP contribution is -2.24. The number of carbonyl (C=O) groups is 1. The Hall–Kier alpha value is -2.37. The monoisotopic (exact) mass is 274 g/mol. The third-order valence-corrected chi connectivity index (χ3v) is 2.71. The van der Waals surface area contributed by atoms with Crippen LogP contribution in [-0.2, 0) is 6.54 Å². The number of aryl methyl sites for hydroxylation is 1. The number of carbonyl (C=O) groups excluding carboxylic acids is 1. The molecule has 0 radical (unpaired) electrons. The molecule has 1 heterocycles. The molecule has 6 nitrogen and oxygen atoms in total. The van der Waals surface area contributed by atoms with Gasteiger partial charge >= 0.3 is 0 Å². The van der Waals surface area contributed by atoms with E-state index in [-0.39, 0.29) is 12.5 Å². The summed E-state index contributed by atoms with van der Waals surface area (Å²) >= 11 is 0. The summed E-state index contributed by atoms with van der Waals surface area (Å²) in [4.78, 5) is 16.2. The molecular formula is C14H18N4O2. The molecule has 0 aliphatic rings. The predicted molar refractivity (Wildman–Crippen MR) is 75.4 cm³/mol. The van der Waals surface area contributed by atoms with Crippen molar-refractivity contribution in [3.8, 4) is 0 Å². The smallest absolute Gasteiger partial charge is 0.253 e. The molecule has 1 aromatic heterocycles. The van der Waals surface area contributed by atoms with Crippen molar-refractivity contribution in [3.05, 3.63) is 41.5 Å². The molecule has 0 spiro atoms. The van der Waals surface area contributed by atoms with Crippen LogP contribution in [0.15, 0.2) is 28.8 Å². The number of nitrogens with zero attached hydrogens (tertiary/aromatic N) is 2. The SMILES string of the molecule is CCCNc1ccccc1C(=O)NCc1noc(C)n1. The fourth-order valence-corrected chi connectivity index (χ4v) is 1.76. The second-order valence-corrected chi connectivity index (χ2v) is 4.38. The highest BCUT2D eigenvalue weighted by molar-refractivity contribution is 5.99. The van der Waals surface area contributed by atoms with Crippen LogP contribution in [0.25, 0.3) is 0 Å². The van der Waals surface area contributed by atoms with E-state index in [9.17, 15) is 4.79 Å². The van der Waals surface area contributed by atoms with Gasteiger partial charge in [0, 0.05) is 19.2 Å². The quantitative estimate of drug-likeness (QED) is 0.843. The Morgan fingerprint density at radius 1 is 1.35 bits per heavy atom. The summed E-state index contributed by atoms with van der Waals surface area (Å²) in [6, 6.07) is 7.42. The fraction of sp³-hybridized carbons (Fsp3) is 0.357. The molecule has 0 aliphatic heterocycles. The molecule has 0 aliphatic carbocycles. The van der Waals surface area contributed by atoms with Crippen LogP contribution in [0.3, 0.4) is 0 Å². The molecular weight excluding hydrogens is 256 g/mol. The maximum absolute atomic E-state index is 12.2. The van der Waals surface area contributed by atoms with E-state index in [1.54, 1.807) is 13.0 Å². The third kappa shape index (κ3) is 3.57. The van der Waals surface area contributed by atoms with Gasteiger partial charge in [-0.3, -0.25) is 4.79 Å².